The number of quaternary nitrogens is 2. The minimum absolute atomic E-state index is 0.0775. The van der Waals surface area contributed by atoms with Gasteiger partial charge in [-0.2, -0.15) is 0 Å². The number of halogens is 4. The summed E-state index contributed by atoms with van der Waals surface area (Å²) in [4.78, 5) is 0. The van der Waals surface area contributed by atoms with E-state index in [1.807, 2.05) is 0 Å². The predicted molar refractivity (Wildman–Crippen MR) is 234 cm³/mol. The van der Waals surface area contributed by atoms with Crippen LogP contribution in [0.2, 0.25) is 13.1 Å². The van der Waals surface area contributed by atoms with Gasteiger partial charge in [-0.25, -0.2) is 0 Å². The average Bonchev–Trinajstić information content (AvgIpc) is 3.53. The zero-order valence-corrected chi connectivity index (χ0v) is 38.4. The van der Waals surface area contributed by atoms with Crippen molar-refractivity contribution in [1.29, 1.82) is 0 Å². The van der Waals surface area contributed by atoms with Crippen molar-refractivity contribution >= 4 is 87.2 Å². The molecule has 2 unspecified atom stereocenters. The number of hydrogen-bond acceptors (Lipinski definition) is 0. The molecule has 0 amide bonds. The van der Waals surface area contributed by atoms with Crippen molar-refractivity contribution in [2.24, 2.45) is 0 Å². The van der Waals surface area contributed by atoms with E-state index in [0.29, 0.717) is 0 Å². The summed E-state index contributed by atoms with van der Waals surface area (Å²) < 4.78 is -4.40. The van der Waals surface area contributed by atoms with Crippen LogP contribution >= 0.6 is 57.0 Å². The van der Waals surface area contributed by atoms with Gasteiger partial charge in [0.2, 0.25) is 0 Å². The number of hydrogen-bond donors (Lipinski definition) is 0. The predicted octanol–water partition coefficient (Wildman–Crippen LogP) is 12.8. The number of nitrogens with zero attached hydrogens (tertiary/aromatic N) is 2. The van der Waals surface area contributed by atoms with Crippen LogP contribution in [0.5, 0.6) is 0 Å². The summed E-state index contributed by atoms with van der Waals surface area (Å²) in [6.45, 7) is 7.49. The van der Waals surface area contributed by atoms with Crippen LogP contribution in [0.4, 0.5) is 11.4 Å². The Bertz CT molecular complexity index is 1920. The van der Waals surface area contributed by atoms with Gasteiger partial charge in [-0.05, 0) is 0 Å². The second kappa shape index (κ2) is 10.9. The molecule has 0 saturated carbocycles. The van der Waals surface area contributed by atoms with E-state index in [9.17, 15) is 0 Å². The van der Waals surface area contributed by atoms with Crippen LogP contribution in [0, 0.1) is 0 Å². The fraction of sp³-hybridized carbons (Fsp3) is 0.300. The van der Waals surface area contributed by atoms with E-state index < -0.39 is 9.04 Å². The van der Waals surface area contributed by atoms with Gasteiger partial charge in [0, 0.05) is 0 Å². The van der Waals surface area contributed by atoms with E-state index in [1.54, 1.807) is 0 Å². The Balaban J connectivity index is 1.55. The van der Waals surface area contributed by atoms with Gasteiger partial charge in [-0.15, -0.1) is 0 Å². The van der Waals surface area contributed by atoms with Gasteiger partial charge in [0.05, 0.1) is 0 Å². The van der Waals surface area contributed by atoms with Crippen LogP contribution in [-0.4, -0.2) is 48.9 Å². The molecule has 2 atom stereocenters. The van der Waals surface area contributed by atoms with Gasteiger partial charge in [-0.1, -0.05) is 0 Å². The SMILES string of the molecule is CC1=Cc2c(-c3ccc([N+](C)(C)C)cc3)cccc2[CH]1[Ti]([Cl])([Cl])([I])([I])([CH]1C(C)=Cc2c(-c3ccc([N+](C)(C)C)cc3)cccc21)[SiH](C)C. The second-order valence-electron chi connectivity index (χ2n) is 16.8. The second-order valence-corrected chi connectivity index (χ2v) is 112. The molecule has 8 heteroatoms. The topological polar surface area (TPSA) is 0 Å². The Morgan fingerprint density at radius 2 is 0.896 bits per heavy atom. The van der Waals surface area contributed by atoms with E-state index in [-0.39, 0.29) is 8.45 Å². The van der Waals surface area contributed by atoms with E-state index in [2.05, 4.69) is 205 Å². The van der Waals surface area contributed by atoms with Crippen LogP contribution in [0.15, 0.2) is 96.1 Å². The van der Waals surface area contributed by atoms with Gasteiger partial charge < -0.3 is 0 Å². The fourth-order valence-electron chi connectivity index (χ4n) is 8.66. The number of allylic oxidation sites excluding steroid dienone is 2. The molecule has 253 valence electrons. The molecule has 4 aromatic rings. The van der Waals surface area contributed by atoms with Crippen LogP contribution < -0.4 is 8.97 Å². The monoisotopic (exact) mass is 957 g/mol. The zero-order chi connectivity index (χ0) is 35.4. The van der Waals surface area contributed by atoms with E-state index in [4.69, 9.17) is 18.6 Å². The molecule has 2 nitrogen and oxygen atoms in total. The third-order valence-electron chi connectivity index (χ3n) is 11.5. The Kier molecular flexibility index (Phi) is 8.40. The Morgan fingerprint density at radius 1 is 0.562 bits per heavy atom. The number of benzene rings is 4. The van der Waals surface area contributed by atoms with Gasteiger partial charge in [0.25, 0.3) is 0 Å². The molecular formula is C40H49Cl2I2N2SiTi+2. The summed E-state index contributed by atoms with van der Waals surface area (Å²) in [5.41, 5.74) is 15.1. The van der Waals surface area contributed by atoms with Crippen LogP contribution in [0.25, 0.3) is 34.4 Å². The van der Waals surface area contributed by atoms with Crippen molar-refractivity contribution in [2.75, 3.05) is 42.3 Å². The molecule has 0 bridgehead atoms. The van der Waals surface area contributed by atoms with Crippen molar-refractivity contribution in [2.45, 2.75) is 35.4 Å². The van der Waals surface area contributed by atoms with E-state index in [1.165, 1.54) is 67.0 Å². The molecular weight excluding hydrogens is 909 g/mol. The van der Waals surface area contributed by atoms with Gasteiger partial charge in [0.15, 0.2) is 0 Å². The molecule has 0 aliphatic heterocycles. The normalized spacial score (nSPS) is 20.3. The molecule has 0 radical (unpaired) electrons. The van der Waals surface area contributed by atoms with Crippen LogP contribution in [0.3, 0.4) is 0 Å². The van der Waals surface area contributed by atoms with Crippen molar-refractivity contribution in [1.82, 2.24) is 8.97 Å². The molecule has 0 heterocycles. The first-order valence-corrected chi connectivity index (χ1v) is 38.6. The Labute approximate surface area is 313 Å². The quantitative estimate of drug-likeness (QED) is 0.0984. The molecule has 0 N–H and O–H groups in total. The Morgan fingerprint density at radius 3 is 1.19 bits per heavy atom. The molecule has 48 heavy (non-hydrogen) atoms. The summed E-state index contributed by atoms with van der Waals surface area (Å²) in [5.74, 6) is 0. The standard InChI is InChI=1S/2C19H21N.C2H7Si.2ClH.2HI.Ti/c2*1-14-12-16-6-5-7-18(19(16)13-14)15-8-10-17(11-9-15)20(2,3)4;1-3-2;;;;;/h2*5-13H,1-4H3;3H,1-2H3;4*1H;/q2*+1;;;;;;+4/p-4. The first-order chi connectivity index (χ1) is 21.9. The first kappa shape index (κ1) is 37.0. The van der Waals surface area contributed by atoms with Crippen molar-refractivity contribution in [3.8, 4) is 22.3 Å². The summed E-state index contributed by atoms with van der Waals surface area (Å²) in [7, 11) is 31.1. The summed E-state index contributed by atoms with van der Waals surface area (Å²) in [6.07, 6.45) is 4.79. The van der Waals surface area contributed by atoms with Crippen molar-refractivity contribution in [3.63, 3.8) is 0 Å². The minimum atomic E-state index is -5.81. The van der Waals surface area contributed by atoms with Crippen LogP contribution in [0.1, 0.15) is 44.5 Å². The van der Waals surface area contributed by atoms with Gasteiger partial charge in [0.1, 0.15) is 0 Å². The molecule has 0 spiro atoms. The van der Waals surface area contributed by atoms with Crippen molar-refractivity contribution in [3.05, 3.63) is 118 Å². The van der Waals surface area contributed by atoms with Crippen molar-refractivity contribution < 1.29 is 2.38 Å². The van der Waals surface area contributed by atoms with E-state index in [0.717, 1.165) is 8.97 Å². The summed E-state index contributed by atoms with van der Waals surface area (Å²) in [6, 6.07) is 31.6. The molecule has 0 saturated heterocycles. The number of fused-ring (bicyclic) bond motifs is 2. The average molecular weight is 959 g/mol. The van der Waals surface area contributed by atoms with E-state index >= 15 is 0 Å². The third-order valence-corrected chi connectivity index (χ3v) is 94.5. The van der Waals surface area contributed by atoms with Gasteiger partial charge in [-0.3, -0.25) is 0 Å². The van der Waals surface area contributed by atoms with Gasteiger partial charge >= 0.3 is 317 Å². The first-order valence-electron chi connectivity index (χ1n) is 16.8. The maximum atomic E-state index is 8.93. The molecule has 0 aromatic heterocycles. The summed E-state index contributed by atoms with van der Waals surface area (Å²) in [5, 5.41) is 0. The maximum absolute atomic E-state index is 8.93. The zero-order valence-electron chi connectivity index (χ0n) is 29.9. The van der Waals surface area contributed by atoms with Crippen LogP contribution in [-0.2, 0) is 2.38 Å². The molecule has 2 aliphatic carbocycles. The number of rotatable bonds is 7. The molecule has 6 rings (SSSR count). The molecule has 4 aromatic carbocycles. The third kappa shape index (κ3) is 5.47. The Hall–Kier alpha value is -0.749. The molecule has 0 fully saturated rings. The summed E-state index contributed by atoms with van der Waals surface area (Å²) >= 11 is 5.49. The molecule has 2 aliphatic rings. The fourth-order valence-corrected chi connectivity index (χ4v) is 46.2.